The van der Waals surface area contributed by atoms with Gasteiger partial charge in [0, 0.05) is 55.9 Å². The zero-order chi connectivity index (χ0) is 21.8. The number of fused-ring (bicyclic) bond motifs is 1. The molecule has 0 aliphatic carbocycles. The second kappa shape index (κ2) is 9.64. The van der Waals surface area contributed by atoms with E-state index in [4.69, 9.17) is 16.3 Å². The van der Waals surface area contributed by atoms with Gasteiger partial charge in [-0.3, -0.25) is 19.8 Å². The first-order chi connectivity index (χ1) is 15.0. The Bertz CT molecular complexity index is 978. The summed E-state index contributed by atoms with van der Waals surface area (Å²) in [5.74, 6) is -0.205. The summed E-state index contributed by atoms with van der Waals surface area (Å²) in [7, 11) is 0. The van der Waals surface area contributed by atoms with E-state index in [-0.39, 0.29) is 11.6 Å². The molecule has 2 aliphatic heterocycles. The summed E-state index contributed by atoms with van der Waals surface area (Å²) >= 11 is 6.28. The largest absolute Gasteiger partial charge is 0.378 e. The molecule has 2 aromatic rings. The van der Waals surface area contributed by atoms with Gasteiger partial charge in [0.25, 0.3) is 11.6 Å². The Labute approximate surface area is 185 Å². The highest BCUT2D eigenvalue weighted by molar-refractivity contribution is 6.31. The molecule has 8 nitrogen and oxygen atoms in total. The van der Waals surface area contributed by atoms with Crippen molar-refractivity contribution in [2.75, 3.05) is 51.3 Å². The molecule has 9 heteroatoms. The van der Waals surface area contributed by atoms with Gasteiger partial charge in [0.1, 0.15) is 5.69 Å². The molecule has 2 aliphatic rings. The van der Waals surface area contributed by atoms with Crippen LogP contribution in [0.15, 0.2) is 36.4 Å². The zero-order valence-electron chi connectivity index (χ0n) is 17.2. The minimum atomic E-state index is -0.447. The first-order valence-corrected chi connectivity index (χ1v) is 10.8. The molecular formula is C22H25ClN4O4. The van der Waals surface area contributed by atoms with Gasteiger partial charge >= 0.3 is 0 Å². The average Bonchev–Trinajstić information content (AvgIpc) is 2.79. The third-order valence-corrected chi connectivity index (χ3v) is 6.13. The van der Waals surface area contributed by atoms with Crippen LogP contribution in [0.5, 0.6) is 0 Å². The van der Waals surface area contributed by atoms with Gasteiger partial charge in [0.2, 0.25) is 0 Å². The number of nitro groups is 1. The lowest BCUT2D eigenvalue weighted by Crippen LogP contribution is -2.40. The van der Waals surface area contributed by atoms with Crippen LogP contribution in [-0.4, -0.2) is 66.6 Å². The van der Waals surface area contributed by atoms with Crippen LogP contribution in [0.1, 0.15) is 21.5 Å². The number of nitrogens with one attached hydrogen (secondary N) is 1. The van der Waals surface area contributed by atoms with Gasteiger partial charge in [-0.2, -0.15) is 0 Å². The molecule has 31 heavy (non-hydrogen) atoms. The van der Waals surface area contributed by atoms with Crippen molar-refractivity contribution in [3.8, 4) is 0 Å². The number of carbonyl (C=O) groups excluding carboxylic acids is 1. The molecule has 0 saturated carbocycles. The number of carbonyl (C=O) groups is 1. The molecule has 1 fully saturated rings. The zero-order valence-corrected chi connectivity index (χ0v) is 17.9. The highest BCUT2D eigenvalue weighted by atomic mass is 35.5. The molecule has 2 heterocycles. The molecular weight excluding hydrogens is 420 g/mol. The second-order valence-corrected chi connectivity index (χ2v) is 8.13. The predicted octanol–water partition coefficient (Wildman–Crippen LogP) is 3.19. The summed E-state index contributed by atoms with van der Waals surface area (Å²) in [4.78, 5) is 27.8. The van der Waals surface area contributed by atoms with Crippen molar-refractivity contribution < 1.29 is 14.5 Å². The lowest BCUT2D eigenvalue weighted by Gasteiger charge is -2.29. The fourth-order valence-electron chi connectivity index (χ4n) is 4.08. The third kappa shape index (κ3) is 4.98. The highest BCUT2D eigenvalue weighted by Gasteiger charge is 2.23. The van der Waals surface area contributed by atoms with E-state index >= 15 is 0 Å². The fourth-order valence-corrected chi connectivity index (χ4v) is 4.36. The summed E-state index contributed by atoms with van der Waals surface area (Å²) in [5.41, 5.74) is 3.10. The Balaban J connectivity index is 1.38. The Morgan fingerprint density at radius 1 is 1.19 bits per heavy atom. The molecule has 1 amide bonds. The predicted molar refractivity (Wildman–Crippen MR) is 119 cm³/mol. The summed E-state index contributed by atoms with van der Waals surface area (Å²) in [6, 6.07) is 10.6. The van der Waals surface area contributed by atoms with E-state index in [1.807, 2.05) is 12.1 Å². The van der Waals surface area contributed by atoms with Crippen LogP contribution in [0.4, 0.5) is 11.4 Å². The van der Waals surface area contributed by atoms with E-state index in [0.29, 0.717) is 44.1 Å². The van der Waals surface area contributed by atoms with Crippen LogP contribution in [0.2, 0.25) is 5.02 Å². The maximum atomic E-state index is 12.6. The lowest BCUT2D eigenvalue weighted by molar-refractivity contribution is -0.384. The van der Waals surface area contributed by atoms with Crippen molar-refractivity contribution >= 4 is 28.9 Å². The van der Waals surface area contributed by atoms with E-state index < -0.39 is 4.92 Å². The number of amides is 1. The molecule has 0 radical (unpaired) electrons. The Morgan fingerprint density at radius 3 is 2.77 bits per heavy atom. The van der Waals surface area contributed by atoms with Crippen LogP contribution < -0.4 is 5.32 Å². The van der Waals surface area contributed by atoms with Gasteiger partial charge in [-0.15, -0.1) is 0 Å². The number of halogens is 1. The third-order valence-electron chi connectivity index (χ3n) is 5.77. The number of morpholine rings is 1. The van der Waals surface area contributed by atoms with Crippen molar-refractivity contribution in [3.63, 3.8) is 0 Å². The Kier molecular flexibility index (Phi) is 6.70. The van der Waals surface area contributed by atoms with E-state index in [0.717, 1.165) is 31.1 Å². The summed E-state index contributed by atoms with van der Waals surface area (Å²) in [6.45, 7) is 4.99. The molecule has 0 bridgehead atoms. The number of rotatable bonds is 6. The summed E-state index contributed by atoms with van der Waals surface area (Å²) < 4.78 is 5.26. The number of hydrogen-bond donors (Lipinski definition) is 1. The maximum absolute atomic E-state index is 12.6. The van der Waals surface area contributed by atoms with Gasteiger partial charge in [-0.25, -0.2) is 0 Å². The van der Waals surface area contributed by atoms with Crippen molar-refractivity contribution in [2.24, 2.45) is 0 Å². The van der Waals surface area contributed by atoms with Crippen LogP contribution in [-0.2, 0) is 17.7 Å². The monoisotopic (exact) mass is 444 g/mol. The number of nitrogens with zero attached hydrogens (tertiary/aromatic N) is 3. The number of benzene rings is 2. The van der Waals surface area contributed by atoms with Gasteiger partial charge in [0.15, 0.2) is 0 Å². The topological polar surface area (TPSA) is 88.0 Å². The van der Waals surface area contributed by atoms with Crippen LogP contribution in [0.25, 0.3) is 0 Å². The average molecular weight is 445 g/mol. The summed E-state index contributed by atoms with van der Waals surface area (Å²) in [5, 5.41) is 15.6. The van der Waals surface area contributed by atoms with Gasteiger partial charge in [0.05, 0.1) is 18.1 Å². The van der Waals surface area contributed by atoms with E-state index in [1.54, 1.807) is 17.0 Å². The number of hydrogen-bond acceptors (Lipinski definition) is 6. The number of nitro benzene ring substituents is 1. The molecule has 1 N–H and O–H groups in total. The van der Waals surface area contributed by atoms with Crippen molar-refractivity contribution in [1.82, 2.24) is 9.80 Å². The van der Waals surface area contributed by atoms with Crippen molar-refractivity contribution in [2.45, 2.75) is 13.0 Å². The van der Waals surface area contributed by atoms with E-state index in [9.17, 15) is 14.9 Å². The van der Waals surface area contributed by atoms with E-state index in [2.05, 4.69) is 16.3 Å². The fraction of sp³-hybridized carbons (Fsp3) is 0.409. The van der Waals surface area contributed by atoms with Crippen LogP contribution in [0.3, 0.4) is 0 Å². The first-order valence-electron chi connectivity index (χ1n) is 10.4. The molecule has 0 aromatic heterocycles. The minimum absolute atomic E-state index is 0.0881. The molecule has 4 rings (SSSR count). The highest BCUT2D eigenvalue weighted by Crippen LogP contribution is 2.28. The van der Waals surface area contributed by atoms with Gasteiger partial charge in [-0.1, -0.05) is 23.7 Å². The smallest absolute Gasteiger partial charge is 0.293 e. The maximum Gasteiger partial charge on any atom is 0.293 e. The standard InChI is InChI=1S/C22H25ClN4O4/c23-19-3-1-2-17-15-25(8-6-18(17)19)9-7-24-20-5-4-16(14-21(20)27(29)30)22(28)26-10-12-31-13-11-26/h1-5,14,24H,6-13,15H2. The number of anilines is 1. The minimum Gasteiger partial charge on any atom is -0.378 e. The normalized spacial score (nSPS) is 16.6. The lowest BCUT2D eigenvalue weighted by atomic mass is 10.00. The molecule has 2 aromatic carbocycles. The first kappa shape index (κ1) is 21.5. The Hall–Kier alpha value is -2.68. The molecule has 1 saturated heterocycles. The molecule has 0 atom stereocenters. The van der Waals surface area contributed by atoms with E-state index in [1.165, 1.54) is 17.2 Å². The number of ether oxygens (including phenoxy) is 1. The molecule has 0 unspecified atom stereocenters. The SMILES string of the molecule is O=C(c1ccc(NCCN2CCc3c(Cl)cccc3C2)c([N+](=O)[O-])c1)N1CCOCC1. The summed E-state index contributed by atoms with van der Waals surface area (Å²) in [6.07, 6.45) is 0.896. The van der Waals surface area contributed by atoms with Crippen molar-refractivity contribution in [3.05, 3.63) is 68.2 Å². The van der Waals surface area contributed by atoms with Crippen LogP contribution >= 0.6 is 11.6 Å². The quantitative estimate of drug-likeness (QED) is 0.543. The van der Waals surface area contributed by atoms with Gasteiger partial charge in [-0.05, 0) is 35.7 Å². The Morgan fingerprint density at radius 2 is 2.00 bits per heavy atom. The molecule has 164 valence electrons. The second-order valence-electron chi connectivity index (χ2n) is 7.72. The van der Waals surface area contributed by atoms with Gasteiger partial charge < -0.3 is 15.0 Å². The molecule has 0 spiro atoms. The van der Waals surface area contributed by atoms with Crippen LogP contribution in [0, 0.1) is 10.1 Å². The van der Waals surface area contributed by atoms with Crippen molar-refractivity contribution in [1.29, 1.82) is 0 Å².